The number of nitrogens with two attached hydrogens (primary N) is 1. The highest BCUT2D eigenvalue weighted by Crippen LogP contribution is 2.26. The van der Waals surface area contributed by atoms with Crippen LogP contribution in [0.2, 0.25) is 0 Å². The van der Waals surface area contributed by atoms with E-state index in [0.29, 0.717) is 5.92 Å². The van der Waals surface area contributed by atoms with Crippen LogP contribution >= 0.6 is 0 Å². The molecule has 2 N–H and O–H groups in total. The van der Waals surface area contributed by atoms with Gasteiger partial charge in [0.2, 0.25) is 0 Å². The molecule has 3 rings (SSSR count). The Morgan fingerprint density at radius 3 is 2.74 bits per heavy atom. The molecular formula is C14H19N5. The fraction of sp³-hybridized carbons (Fsp3) is 0.429. The van der Waals surface area contributed by atoms with E-state index in [1.54, 1.807) is 4.68 Å². The molecule has 1 aliphatic rings. The number of hydrogen-bond donors (Lipinski definition) is 1. The summed E-state index contributed by atoms with van der Waals surface area (Å²) in [6, 6.07) is 10.7. The lowest BCUT2D eigenvalue weighted by Gasteiger charge is -2.14. The van der Waals surface area contributed by atoms with Gasteiger partial charge in [0.1, 0.15) is 0 Å². The predicted molar refractivity (Wildman–Crippen MR) is 73.4 cm³/mol. The fourth-order valence-electron chi connectivity index (χ4n) is 2.79. The molecule has 0 amide bonds. The minimum absolute atomic E-state index is 0.194. The topological polar surface area (TPSA) is 60.0 Å². The Hall–Kier alpha value is -1.72. The summed E-state index contributed by atoms with van der Waals surface area (Å²) < 4.78 is 1.74. The molecule has 5 heteroatoms. The summed E-state index contributed by atoms with van der Waals surface area (Å²) in [5.41, 5.74) is 8.61. The minimum Gasteiger partial charge on any atom is -0.326 e. The van der Waals surface area contributed by atoms with Gasteiger partial charge in [-0.1, -0.05) is 35.5 Å². The Morgan fingerprint density at radius 2 is 2.05 bits per heavy atom. The summed E-state index contributed by atoms with van der Waals surface area (Å²) in [7, 11) is 1.89. The van der Waals surface area contributed by atoms with Gasteiger partial charge in [-0.3, -0.25) is 9.58 Å². The first-order chi connectivity index (χ1) is 9.22. The van der Waals surface area contributed by atoms with Crippen LogP contribution in [0.4, 0.5) is 0 Å². The molecule has 0 bridgehead atoms. The van der Waals surface area contributed by atoms with E-state index in [1.807, 2.05) is 19.3 Å². The second-order valence-corrected chi connectivity index (χ2v) is 5.26. The second kappa shape index (κ2) is 5.11. The van der Waals surface area contributed by atoms with Crippen molar-refractivity contribution in [3.63, 3.8) is 0 Å². The number of benzene rings is 1. The van der Waals surface area contributed by atoms with Crippen molar-refractivity contribution in [3.05, 3.63) is 47.8 Å². The van der Waals surface area contributed by atoms with E-state index in [9.17, 15) is 0 Å². The van der Waals surface area contributed by atoms with Crippen LogP contribution in [0, 0.1) is 0 Å². The monoisotopic (exact) mass is 257 g/mol. The van der Waals surface area contributed by atoms with Gasteiger partial charge in [0.25, 0.3) is 0 Å². The van der Waals surface area contributed by atoms with E-state index >= 15 is 0 Å². The van der Waals surface area contributed by atoms with Crippen molar-refractivity contribution >= 4 is 0 Å². The molecule has 0 aliphatic carbocycles. The lowest BCUT2D eigenvalue weighted by molar-refractivity contribution is 0.319. The molecule has 1 aliphatic heterocycles. The molecule has 5 nitrogen and oxygen atoms in total. The highest BCUT2D eigenvalue weighted by atomic mass is 15.4. The Kier molecular flexibility index (Phi) is 3.31. The van der Waals surface area contributed by atoms with Crippen molar-refractivity contribution in [2.75, 3.05) is 13.1 Å². The second-order valence-electron chi connectivity index (χ2n) is 5.26. The molecule has 0 saturated carbocycles. The highest BCUT2D eigenvalue weighted by Gasteiger charge is 2.31. The van der Waals surface area contributed by atoms with Crippen LogP contribution < -0.4 is 5.73 Å². The molecule has 2 heterocycles. The quantitative estimate of drug-likeness (QED) is 0.881. The Labute approximate surface area is 113 Å². The van der Waals surface area contributed by atoms with Crippen molar-refractivity contribution in [2.45, 2.75) is 18.5 Å². The van der Waals surface area contributed by atoms with E-state index < -0.39 is 0 Å². The van der Waals surface area contributed by atoms with Crippen molar-refractivity contribution in [3.8, 4) is 0 Å². The fourth-order valence-corrected chi connectivity index (χ4v) is 2.79. The molecule has 1 aromatic carbocycles. The molecule has 0 spiro atoms. The summed E-state index contributed by atoms with van der Waals surface area (Å²) >= 11 is 0. The zero-order valence-corrected chi connectivity index (χ0v) is 11.1. The van der Waals surface area contributed by atoms with Crippen molar-refractivity contribution < 1.29 is 0 Å². The highest BCUT2D eigenvalue weighted by molar-refractivity contribution is 5.23. The molecule has 2 aromatic rings. The average molecular weight is 257 g/mol. The van der Waals surface area contributed by atoms with Crippen LogP contribution in [0.5, 0.6) is 0 Å². The van der Waals surface area contributed by atoms with Gasteiger partial charge in [-0.2, -0.15) is 0 Å². The molecule has 1 fully saturated rings. The molecule has 1 saturated heterocycles. The van der Waals surface area contributed by atoms with Crippen LogP contribution in [0.3, 0.4) is 0 Å². The van der Waals surface area contributed by atoms with Crippen molar-refractivity contribution in [2.24, 2.45) is 12.8 Å². The van der Waals surface area contributed by atoms with Crippen LogP contribution in [0.15, 0.2) is 36.5 Å². The van der Waals surface area contributed by atoms with Gasteiger partial charge in [-0.25, -0.2) is 0 Å². The van der Waals surface area contributed by atoms with Gasteiger partial charge in [-0.05, 0) is 5.56 Å². The Bertz CT molecular complexity index is 536. The van der Waals surface area contributed by atoms with Gasteiger partial charge in [0.05, 0.1) is 5.69 Å². The maximum absolute atomic E-state index is 6.28. The van der Waals surface area contributed by atoms with Crippen LogP contribution in [0.1, 0.15) is 17.2 Å². The molecule has 2 atom stereocenters. The van der Waals surface area contributed by atoms with Gasteiger partial charge in [0, 0.05) is 44.8 Å². The Balaban J connectivity index is 1.68. The molecule has 1 aromatic heterocycles. The number of likely N-dealkylation sites (tertiary alicyclic amines) is 1. The van der Waals surface area contributed by atoms with Crippen molar-refractivity contribution in [1.82, 2.24) is 19.9 Å². The predicted octanol–water partition coefficient (Wildman–Crippen LogP) is 0.742. The third kappa shape index (κ3) is 2.67. The largest absolute Gasteiger partial charge is 0.326 e. The zero-order chi connectivity index (χ0) is 13.2. The SMILES string of the molecule is Cn1cc(CN2C[C@@H](N)[C@H](c3ccccc3)C2)nn1. The molecule has 100 valence electrons. The number of hydrogen-bond acceptors (Lipinski definition) is 4. The molecule has 19 heavy (non-hydrogen) atoms. The lowest BCUT2D eigenvalue weighted by atomic mass is 9.95. The first-order valence-corrected chi connectivity index (χ1v) is 6.60. The van der Waals surface area contributed by atoms with E-state index in [0.717, 1.165) is 25.3 Å². The Morgan fingerprint density at radius 1 is 1.26 bits per heavy atom. The minimum atomic E-state index is 0.194. The lowest BCUT2D eigenvalue weighted by Crippen LogP contribution is -2.28. The third-order valence-electron chi connectivity index (χ3n) is 3.70. The summed E-state index contributed by atoms with van der Waals surface area (Å²) in [4.78, 5) is 2.35. The van der Waals surface area contributed by atoms with Gasteiger partial charge in [-0.15, -0.1) is 5.10 Å². The number of aromatic nitrogens is 3. The first-order valence-electron chi connectivity index (χ1n) is 6.60. The first kappa shape index (κ1) is 12.3. The third-order valence-corrected chi connectivity index (χ3v) is 3.70. The van der Waals surface area contributed by atoms with Crippen LogP contribution in [-0.4, -0.2) is 39.0 Å². The number of rotatable bonds is 3. The van der Waals surface area contributed by atoms with E-state index in [-0.39, 0.29) is 6.04 Å². The van der Waals surface area contributed by atoms with E-state index in [2.05, 4.69) is 39.5 Å². The summed E-state index contributed by atoms with van der Waals surface area (Å²) in [5, 5.41) is 8.10. The van der Waals surface area contributed by atoms with Gasteiger partial charge in [0.15, 0.2) is 0 Å². The van der Waals surface area contributed by atoms with Crippen molar-refractivity contribution in [1.29, 1.82) is 0 Å². The standard InChI is InChI=1S/C14H19N5/c1-18-7-12(16-17-18)8-19-9-13(14(15)10-19)11-5-3-2-4-6-11/h2-7,13-14H,8-10,15H2,1H3/t13-,14+/m0/s1. The van der Waals surface area contributed by atoms with E-state index in [4.69, 9.17) is 5.73 Å². The van der Waals surface area contributed by atoms with E-state index in [1.165, 1.54) is 5.56 Å². The smallest absolute Gasteiger partial charge is 0.0967 e. The van der Waals surface area contributed by atoms with Gasteiger partial charge >= 0.3 is 0 Å². The number of aryl methyl sites for hydroxylation is 1. The average Bonchev–Trinajstić information content (AvgIpc) is 2.97. The van der Waals surface area contributed by atoms with Gasteiger partial charge < -0.3 is 5.73 Å². The molecular weight excluding hydrogens is 238 g/mol. The maximum Gasteiger partial charge on any atom is 0.0967 e. The molecule has 0 unspecified atom stereocenters. The summed E-state index contributed by atoms with van der Waals surface area (Å²) in [6.45, 7) is 2.72. The maximum atomic E-state index is 6.28. The summed E-state index contributed by atoms with van der Waals surface area (Å²) in [5.74, 6) is 0.415. The van der Waals surface area contributed by atoms with Crippen LogP contribution in [0.25, 0.3) is 0 Å². The molecule has 0 radical (unpaired) electrons. The zero-order valence-electron chi connectivity index (χ0n) is 11.1. The van der Waals surface area contributed by atoms with Crippen LogP contribution in [-0.2, 0) is 13.6 Å². The summed E-state index contributed by atoms with van der Waals surface area (Å²) in [6.07, 6.45) is 1.96. The normalized spacial score (nSPS) is 23.9. The number of nitrogens with zero attached hydrogens (tertiary/aromatic N) is 4.